The average Bonchev–Trinajstić information content (AvgIpc) is 3.30. The Balaban J connectivity index is 1.48. The first-order chi connectivity index (χ1) is 14.9. The molecule has 6 nitrogen and oxygen atoms in total. The first-order valence-electron chi connectivity index (χ1n) is 11.0. The van der Waals surface area contributed by atoms with Crippen molar-refractivity contribution >= 4 is 27.7 Å². The number of hydrogen-bond acceptors (Lipinski definition) is 4. The molecule has 0 spiro atoms. The monoisotopic (exact) mass is 461 g/mol. The Labute approximate surface area is 189 Å². The molecule has 168 valence electrons. The summed E-state index contributed by atoms with van der Waals surface area (Å²) in [4.78, 5) is 15.9. The summed E-state index contributed by atoms with van der Waals surface area (Å²) in [7, 11) is -3.56. The maximum absolute atomic E-state index is 12.9. The summed E-state index contributed by atoms with van der Waals surface area (Å²) in [6.07, 6.45) is 7.07. The molecule has 1 aliphatic heterocycles. The van der Waals surface area contributed by atoms with Crippen LogP contribution in [-0.2, 0) is 15.4 Å². The van der Waals surface area contributed by atoms with E-state index in [1.165, 1.54) is 34.1 Å². The molecule has 2 fully saturated rings. The molecule has 0 unspecified atom stereocenters. The number of nitrogens with zero attached hydrogens (tertiary/aromatic N) is 1. The standard InChI is InChI=1S/C23H31N3O3S2/c1-18-6-5-7-19(14-18)23(8-3-2-4-9-23)17-25-22(27)21-15-20(16-24-21)31(28,29)26-10-12-30-13-11-26/h5-7,14-16,24H,2-4,8-13,17H2,1H3,(H,25,27). The molecule has 2 heterocycles. The Morgan fingerprint density at radius 3 is 2.61 bits per heavy atom. The molecule has 1 saturated heterocycles. The van der Waals surface area contributed by atoms with Crippen LogP contribution < -0.4 is 5.32 Å². The van der Waals surface area contributed by atoms with Crippen LogP contribution in [0, 0.1) is 6.92 Å². The molecule has 1 aromatic carbocycles. The normalized spacial score (nSPS) is 19.8. The molecule has 0 bridgehead atoms. The molecular weight excluding hydrogens is 430 g/mol. The number of amides is 1. The summed E-state index contributed by atoms with van der Waals surface area (Å²) < 4.78 is 27.2. The molecule has 0 atom stereocenters. The second kappa shape index (κ2) is 9.38. The van der Waals surface area contributed by atoms with Gasteiger partial charge in [-0.2, -0.15) is 16.1 Å². The summed E-state index contributed by atoms with van der Waals surface area (Å²) in [6, 6.07) is 10.0. The van der Waals surface area contributed by atoms with Gasteiger partial charge >= 0.3 is 0 Å². The van der Waals surface area contributed by atoms with E-state index in [1.54, 1.807) is 11.8 Å². The highest BCUT2D eigenvalue weighted by Gasteiger charge is 2.35. The van der Waals surface area contributed by atoms with Crippen LogP contribution in [0.2, 0.25) is 0 Å². The molecule has 2 aromatic rings. The van der Waals surface area contributed by atoms with Crippen LogP contribution in [-0.4, -0.2) is 54.8 Å². The topological polar surface area (TPSA) is 82.3 Å². The highest BCUT2D eigenvalue weighted by atomic mass is 32.2. The van der Waals surface area contributed by atoms with Crippen LogP contribution in [0.3, 0.4) is 0 Å². The molecule has 0 radical (unpaired) electrons. The lowest BCUT2D eigenvalue weighted by Crippen LogP contribution is -2.42. The van der Waals surface area contributed by atoms with Crippen molar-refractivity contribution in [2.24, 2.45) is 0 Å². The minimum Gasteiger partial charge on any atom is -0.356 e. The van der Waals surface area contributed by atoms with E-state index in [9.17, 15) is 13.2 Å². The molecular formula is C23H31N3O3S2. The van der Waals surface area contributed by atoms with Crippen molar-refractivity contribution in [1.82, 2.24) is 14.6 Å². The van der Waals surface area contributed by atoms with E-state index in [-0.39, 0.29) is 16.2 Å². The molecule has 1 amide bonds. The Bertz CT molecular complexity index is 1020. The lowest BCUT2D eigenvalue weighted by Gasteiger charge is -2.38. The van der Waals surface area contributed by atoms with E-state index in [0.29, 0.717) is 25.3 Å². The number of nitrogens with one attached hydrogen (secondary N) is 2. The van der Waals surface area contributed by atoms with Gasteiger partial charge in [-0.05, 0) is 31.4 Å². The highest BCUT2D eigenvalue weighted by molar-refractivity contribution is 7.99. The van der Waals surface area contributed by atoms with Gasteiger partial charge < -0.3 is 10.3 Å². The van der Waals surface area contributed by atoms with Gasteiger partial charge in [0, 0.05) is 42.8 Å². The number of sulfonamides is 1. The van der Waals surface area contributed by atoms with Crippen molar-refractivity contribution in [1.29, 1.82) is 0 Å². The van der Waals surface area contributed by atoms with E-state index in [4.69, 9.17) is 0 Å². The van der Waals surface area contributed by atoms with Gasteiger partial charge in [0.15, 0.2) is 0 Å². The summed E-state index contributed by atoms with van der Waals surface area (Å²) >= 11 is 1.76. The maximum Gasteiger partial charge on any atom is 0.267 e. The number of benzene rings is 1. The van der Waals surface area contributed by atoms with Crippen LogP contribution >= 0.6 is 11.8 Å². The number of carbonyl (C=O) groups excluding carboxylic acids is 1. The lowest BCUT2D eigenvalue weighted by atomic mass is 9.69. The minimum absolute atomic E-state index is 0.0626. The predicted octanol–water partition coefficient (Wildman–Crippen LogP) is 3.69. The zero-order valence-electron chi connectivity index (χ0n) is 18.0. The van der Waals surface area contributed by atoms with Gasteiger partial charge in [0.2, 0.25) is 10.0 Å². The summed E-state index contributed by atoms with van der Waals surface area (Å²) in [5.74, 6) is 1.35. The summed E-state index contributed by atoms with van der Waals surface area (Å²) in [5.41, 5.74) is 2.74. The Morgan fingerprint density at radius 1 is 1.16 bits per heavy atom. The van der Waals surface area contributed by atoms with Crippen LogP contribution in [0.4, 0.5) is 0 Å². The van der Waals surface area contributed by atoms with Gasteiger partial charge in [-0.15, -0.1) is 0 Å². The number of carbonyl (C=O) groups is 1. The van der Waals surface area contributed by atoms with Gasteiger partial charge in [0.05, 0.1) is 0 Å². The quantitative estimate of drug-likeness (QED) is 0.687. The Kier molecular flexibility index (Phi) is 6.79. The van der Waals surface area contributed by atoms with E-state index in [2.05, 4.69) is 41.5 Å². The van der Waals surface area contributed by atoms with Gasteiger partial charge in [0.25, 0.3) is 5.91 Å². The summed E-state index contributed by atoms with van der Waals surface area (Å²) in [6.45, 7) is 3.68. The zero-order chi connectivity index (χ0) is 21.9. The van der Waals surface area contributed by atoms with Crippen molar-refractivity contribution in [3.8, 4) is 0 Å². The number of hydrogen-bond donors (Lipinski definition) is 2. The minimum atomic E-state index is -3.56. The Hall–Kier alpha value is -1.77. The van der Waals surface area contributed by atoms with Gasteiger partial charge in [-0.25, -0.2) is 8.42 Å². The fraction of sp³-hybridized carbons (Fsp3) is 0.522. The molecule has 2 N–H and O–H groups in total. The first-order valence-corrected chi connectivity index (χ1v) is 13.6. The highest BCUT2D eigenvalue weighted by Crippen LogP contribution is 2.39. The number of rotatable bonds is 6. The number of aryl methyl sites for hydroxylation is 1. The number of aromatic amines is 1. The average molecular weight is 462 g/mol. The second-order valence-corrected chi connectivity index (χ2v) is 11.8. The van der Waals surface area contributed by atoms with E-state index in [1.807, 2.05) is 0 Å². The van der Waals surface area contributed by atoms with Crippen molar-refractivity contribution in [3.05, 3.63) is 53.3 Å². The van der Waals surface area contributed by atoms with E-state index < -0.39 is 10.0 Å². The van der Waals surface area contributed by atoms with Crippen LogP contribution in [0.25, 0.3) is 0 Å². The molecule has 4 rings (SSSR count). The van der Waals surface area contributed by atoms with Crippen molar-refractivity contribution in [2.45, 2.75) is 49.3 Å². The van der Waals surface area contributed by atoms with Crippen molar-refractivity contribution < 1.29 is 13.2 Å². The molecule has 1 aliphatic carbocycles. The molecule has 8 heteroatoms. The predicted molar refractivity (Wildman–Crippen MR) is 125 cm³/mol. The van der Waals surface area contributed by atoms with E-state index in [0.717, 1.165) is 37.2 Å². The number of thioether (sulfide) groups is 1. The molecule has 1 saturated carbocycles. The molecule has 31 heavy (non-hydrogen) atoms. The number of H-pyrrole nitrogens is 1. The third kappa shape index (κ3) is 4.86. The fourth-order valence-corrected chi connectivity index (χ4v) is 7.28. The van der Waals surface area contributed by atoms with Crippen LogP contribution in [0.15, 0.2) is 41.4 Å². The third-order valence-electron chi connectivity index (χ3n) is 6.54. The largest absolute Gasteiger partial charge is 0.356 e. The Morgan fingerprint density at radius 2 is 1.90 bits per heavy atom. The van der Waals surface area contributed by atoms with Gasteiger partial charge in [0.1, 0.15) is 10.6 Å². The van der Waals surface area contributed by atoms with Crippen molar-refractivity contribution in [2.75, 3.05) is 31.1 Å². The zero-order valence-corrected chi connectivity index (χ0v) is 19.7. The second-order valence-electron chi connectivity index (χ2n) is 8.66. The van der Waals surface area contributed by atoms with Crippen LogP contribution in [0.1, 0.15) is 53.7 Å². The third-order valence-corrected chi connectivity index (χ3v) is 9.36. The van der Waals surface area contributed by atoms with Crippen LogP contribution in [0.5, 0.6) is 0 Å². The molecule has 2 aliphatic rings. The maximum atomic E-state index is 12.9. The molecule has 1 aromatic heterocycles. The van der Waals surface area contributed by atoms with Crippen molar-refractivity contribution in [3.63, 3.8) is 0 Å². The summed E-state index contributed by atoms with van der Waals surface area (Å²) in [5, 5.41) is 3.09. The van der Waals surface area contributed by atoms with Gasteiger partial charge in [-0.1, -0.05) is 49.1 Å². The lowest BCUT2D eigenvalue weighted by molar-refractivity contribution is 0.0932. The first kappa shape index (κ1) is 22.4. The SMILES string of the molecule is Cc1cccc(C2(CNC(=O)c3cc(S(=O)(=O)N4CCSCC4)c[nH]3)CCCCC2)c1. The van der Waals surface area contributed by atoms with E-state index >= 15 is 0 Å². The van der Waals surface area contributed by atoms with Gasteiger partial charge in [-0.3, -0.25) is 4.79 Å². The smallest absolute Gasteiger partial charge is 0.267 e. The number of aromatic nitrogens is 1. The fourth-order valence-electron chi connectivity index (χ4n) is 4.71.